The number of aryl methyl sites for hydroxylation is 2. The standard InChI is InChI=1S/C20H20N4O2/c1-13-7-8-18(14(2)9-13)24-20-21-11-15(12-22-20)19(25)23-16-5-4-6-17(10-16)26-3/h4-12H,1-3H3,(H,23,25)(H,21,22,24). The van der Waals surface area contributed by atoms with Crippen LogP contribution in [0.1, 0.15) is 21.5 Å². The van der Waals surface area contributed by atoms with Gasteiger partial charge in [-0.15, -0.1) is 0 Å². The molecule has 132 valence electrons. The number of methoxy groups -OCH3 is 1. The predicted molar refractivity (Wildman–Crippen MR) is 102 cm³/mol. The maximum absolute atomic E-state index is 12.3. The van der Waals surface area contributed by atoms with E-state index >= 15 is 0 Å². The Hall–Kier alpha value is -3.41. The summed E-state index contributed by atoms with van der Waals surface area (Å²) in [6.07, 6.45) is 2.99. The van der Waals surface area contributed by atoms with Crippen molar-refractivity contribution in [1.29, 1.82) is 0 Å². The number of anilines is 3. The second-order valence-electron chi connectivity index (χ2n) is 5.92. The lowest BCUT2D eigenvalue weighted by Gasteiger charge is -2.09. The van der Waals surface area contributed by atoms with Gasteiger partial charge in [-0.05, 0) is 37.6 Å². The molecule has 26 heavy (non-hydrogen) atoms. The predicted octanol–water partition coefficient (Wildman–Crippen LogP) is 4.10. The van der Waals surface area contributed by atoms with Gasteiger partial charge in [0.25, 0.3) is 5.91 Å². The van der Waals surface area contributed by atoms with Crippen LogP contribution in [-0.2, 0) is 0 Å². The molecule has 6 heteroatoms. The molecular formula is C20H20N4O2. The lowest BCUT2D eigenvalue weighted by molar-refractivity contribution is 0.102. The molecule has 0 atom stereocenters. The summed E-state index contributed by atoms with van der Waals surface area (Å²) in [7, 11) is 1.58. The number of nitrogens with one attached hydrogen (secondary N) is 2. The summed E-state index contributed by atoms with van der Waals surface area (Å²) < 4.78 is 5.15. The minimum absolute atomic E-state index is 0.281. The third-order valence-corrected chi connectivity index (χ3v) is 3.87. The summed E-state index contributed by atoms with van der Waals surface area (Å²) in [5.41, 5.74) is 4.25. The van der Waals surface area contributed by atoms with E-state index in [0.29, 0.717) is 22.9 Å². The van der Waals surface area contributed by atoms with Crippen molar-refractivity contribution < 1.29 is 9.53 Å². The van der Waals surface area contributed by atoms with Gasteiger partial charge in [-0.2, -0.15) is 0 Å². The lowest BCUT2D eigenvalue weighted by atomic mass is 10.1. The van der Waals surface area contributed by atoms with Gasteiger partial charge in [0, 0.05) is 29.8 Å². The molecule has 3 aromatic rings. The molecular weight excluding hydrogens is 328 g/mol. The maximum atomic E-state index is 12.3. The minimum atomic E-state index is -0.281. The molecule has 0 saturated heterocycles. The number of amides is 1. The molecule has 0 unspecified atom stereocenters. The first-order valence-corrected chi connectivity index (χ1v) is 8.17. The fraction of sp³-hybridized carbons (Fsp3) is 0.150. The van der Waals surface area contributed by atoms with Crippen molar-refractivity contribution in [2.75, 3.05) is 17.7 Å². The van der Waals surface area contributed by atoms with Crippen LogP contribution in [0.4, 0.5) is 17.3 Å². The topological polar surface area (TPSA) is 76.1 Å². The first kappa shape index (κ1) is 17.4. The van der Waals surface area contributed by atoms with Crippen LogP contribution in [0.2, 0.25) is 0 Å². The third kappa shape index (κ3) is 4.16. The Morgan fingerprint density at radius 3 is 2.50 bits per heavy atom. The van der Waals surface area contributed by atoms with E-state index in [1.807, 2.05) is 38.1 Å². The quantitative estimate of drug-likeness (QED) is 0.726. The summed E-state index contributed by atoms with van der Waals surface area (Å²) in [4.78, 5) is 20.8. The molecule has 1 amide bonds. The zero-order chi connectivity index (χ0) is 18.5. The van der Waals surface area contributed by atoms with Crippen LogP contribution in [0.25, 0.3) is 0 Å². The van der Waals surface area contributed by atoms with E-state index in [-0.39, 0.29) is 5.91 Å². The molecule has 2 N–H and O–H groups in total. The number of carbonyl (C=O) groups is 1. The maximum Gasteiger partial charge on any atom is 0.258 e. The first-order chi connectivity index (χ1) is 12.5. The van der Waals surface area contributed by atoms with E-state index in [0.717, 1.165) is 11.3 Å². The van der Waals surface area contributed by atoms with Crippen molar-refractivity contribution in [3.63, 3.8) is 0 Å². The number of carbonyl (C=O) groups excluding carboxylic acids is 1. The first-order valence-electron chi connectivity index (χ1n) is 8.17. The van der Waals surface area contributed by atoms with Gasteiger partial charge in [0.1, 0.15) is 5.75 Å². The largest absolute Gasteiger partial charge is 0.497 e. The molecule has 1 heterocycles. The molecule has 0 aliphatic rings. The highest BCUT2D eigenvalue weighted by atomic mass is 16.5. The monoisotopic (exact) mass is 348 g/mol. The number of ether oxygens (including phenoxy) is 1. The Balaban J connectivity index is 1.69. The van der Waals surface area contributed by atoms with E-state index in [4.69, 9.17) is 4.74 Å². The second-order valence-corrected chi connectivity index (χ2v) is 5.92. The SMILES string of the molecule is COc1cccc(NC(=O)c2cnc(Nc3ccc(C)cc3C)nc2)c1. The Kier molecular flexibility index (Phi) is 5.12. The number of aromatic nitrogens is 2. The molecule has 0 fully saturated rings. The molecule has 3 rings (SSSR count). The Bertz CT molecular complexity index is 923. The van der Waals surface area contributed by atoms with Crippen LogP contribution in [0.3, 0.4) is 0 Å². The lowest BCUT2D eigenvalue weighted by Crippen LogP contribution is -2.13. The van der Waals surface area contributed by atoms with E-state index in [2.05, 4.69) is 26.7 Å². The van der Waals surface area contributed by atoms with Gasteiger partial charge in [0.05, 0.1) is 12.7 Å². The number of hydrogen-bond donors (Lipinski definition) is 2. The van der Waals surface area contributed by atoms with Gasteiger partial charge in [-0.25, -0.2) is 9.97 Å². The van der Waals surface area contributed by atoms with Gasteiger partial charge >= 0.3 is 0 Å². The molecule has 1 aromatic heterocycles. The van der Waals surface area contributed by atoms with Crippen molar-refractivity contribution in [3.05, 3.63) is 71.5 Å². The van der Waals surface area contributed by atoms with Crippen molar-refractivity contribution in [2.24, 2.45) is 0 Å². The average molecular weight is 348 g/mol. The molecule has 0 aliphatic carbocycles. The van der Waals surface area contributed by atoms with Crippen LogP contribution in [0.15, 0.2) is 54.9 Å². The summed E-state index contributed by atoms with van der Waals surface area (Å²) in [6, 6.07) is 13.2. The van der Waals surface area contributed by atoms with Crippen LogP contribution >= 0.6 is 0 Å². The van der Waals surface area contributed by atoms with Crippen molar-refractivity contribution in [2.45, 2.75) is 13.8 Å². The van der Waals surface area contributed by atoms with Gasteiger partial charge in [-0.1, -0.05) is 23.8 Å². The van der Waals surface area contributed by atoms with Crippen LogP contribution in [-0.4, -0.2) is 23.0 Å². The highest BCUT2D eigenvalue weighted by molar-refractivity contribution is 6.04. The fourth-order valence-corrected chi connectivity index (χ4v) is 2.49. The van der Waals surface area contributed by atoms with Crippen LogP contribution in [0, 0.1) is 13.8 Å². The molecule has 0 aliphatic heterocycles. The molecule has 0 bridgehead atoms. The normalized spacial score (nSPS) is 10.3. The average Bonchev–Trinajstić information content (AvgIpc) is 2.64. The number of benzene rings is 2. The summed E-state index contributed by atoms with van der Waals surface area (Å²) in [6.45, 7) is 4.06. The van der Waals surface area contributed by atoms with E-state index in [1.165, 1.54) is 18.0 Å². The van der Waals surface area contributed by atoms with E-state index < -0.39 is 0 Å². The smallest absolute Gasteiger partial charge is 0.258 e. The Labute approximate surface area is 152 Å². The van der Waals surface area contributed by atoms with Gasteiger partial charge < -0.3 is 15.4 Å². The van der Waals surface area contributed by atoms with E-state index in [9.17, 15) is 4.79 Å². The molecule has 6 nitrogen and oxygen atoms in total. The van der Waals surface area contributed by atoms with Gasteiger partial charge in [0.15, 0.2) is 0 Å². The Morgan fingerprint density at radius 2 is 1.81 bits per heavy atom. The molecule has 0 radical (unpaired) electrons. The highest BCUT2D eigenvalue weighted by Gasteiger charge is 2.09. The molecule has 0 saturated carbocycles. The van der Waals surface area contributed by atoms with Crippen LogP contribution < -0.4 is 15.4 Å². The fourth-order valence-electron chi connectivity index (χ4n) is 2.49. The zero-order valence-corrected chi connectivity index (χ0v) is 14.9. The Morgan fingerprint density at radius 1 is 1.04 bits per heavy atom. The summed E-state index contributed by atoms with van der Waals surface area (Å²) in [5, 5.41) is 5.96. The van der Waals surface area contributed by atoms with Gasteiger partial charge in [0.2, 0.25) is 5.95 Å². The highest BCUT2D eigenvalue weighted by Crippen LogP contribution is 2.20. The number of nitrogens with zero attached hydrogens (tertiary/aromatic N) is 2. The van der Waals surface area contributed by atoms with Crippen molar-refractivity contribution >= 4 is 23.2 Å². The number of hydrogen-bond acceptors (Lipinski definition) is 5. The van der Waals surface area contributed by atoms with Crippen molar-refractivity contribution in [1.82, 2.24) is 9.97 Å². The summed E-state index contributed by atoms with van der Waals surface area (Å²) >= 11 is 0. The molecule has 2 aromatic carbocycles. The van der Waals surface area contributed by atoms with Crippen LogP contribution in [0.5, 0.6) is 5.75 Å². The molecule has 0 spiro atoms. The third-order valence-electron chi connectivity index (χ3n) is 3.87. The van der Waals surface area contributed by atoms with Crippen molar-refractivity contribution in [3.8, 4) is 5.75 Å². The van der Waals surface area contributed by atoms with Gasteiger partial charge in [-0.3, -0.25) is 4.79 Å². The second kappa shape index (κ2) is 7.65. The number of rotatable bonds is 5. The van der Waals surface area contributed by atoms with E-state index in [1.54, 1.807) is 19.2 Å². The summed E-state index contributed by atoms with van der Waals surface area (Å²) in [5.74, 6) is 0.832. The minimum Gasteiger partial charge on any atom is -0.497 e. The zero-order valence-electron chi connectivity index (χ0n) is 14.9.